The molecule has 0 unspecified atom stereocenters. The Balaban J connectivity index is 1.72. The summed E-state index contributed by atoms with van der Waals surface area (Å²) in [5, 5.41) is 20.0. The monoisotopic (exact) mass is 426 g/mol. The van der Waals surface area contributed by atoms with E-state index in [1.54, 1.807) is 4.90 Å². The molecular weight excluding hydrogens is 397 g/mol. The average Bonchev–Trinajstić information content (AvgIpc) is 2.59. The lowest BCUT2D eigenvalue weighted by Gasteiger charge is -2.42. The Morgan fingerprint density at radius 3 is 2.52 bits per heavy atom. The molecule has 1 saturated heterocycles. The maximum atomic E-state index is 15.7. The van der Waals surface area contributed by atoms with Gasteiger partial charge in [0.25, 0.3) is 0 Å². The highest BCUT2D eigenvalue weighted by Gasteiger charge is 2.40. The smallest absolute Gasteiger partial charge is 0.444 e. The molecule has 0 saturated carbocycles. The molecule has 2 aliphatic heterocycles. The van der Waals surface area contributed by atoms with Crippen molar-refractivity contribution in [3.63, 3.8) is 0 Å². The van der Waals surface area contributed by atoms with Crippen molar-refractivity contribution in [1.82, 2.24) is 4.90 Å². The third kappa shape index (κ3) is 5.35. The van der Waals surface area contributed by atoms with E-state index in [0.29, 0.717) is 35.8 Å². The third-order valence-electron chi connectivity index (χ3n) is 5.44. The van der Waals surface area contributed by atoms with E-state index in [1.807, 2.05) is 31.7 Å². The van der Waals surface area contributed by atoms with Crippen molar-refractivity contribution in [2.45, 2.75) is 57.7 Å². The Labute approximate surface area is 176 Å². The predicted molar refractivity (Wildman–Crippen MR) is 113 cm³/mol. The van der Waals surface area contributed by atoms with Crippen molar-refractivity contribution in [2.24, 2.45) is 0 Å². The number of alkyl halides is 1. The predicted octanol–water partition coefficient (Wildman–Crippen LogP) is 2.51. The Morgan fingerprint density at radius 2 is 1.93 bits per heavy atom. The number of fused-ring (bicyclic) bond motifs is 1. The molecule has 0 aliphatic carbocycles. The molecule has 29 heavy (non-hydrogen) atoms. The Morgan fingerprint density at radius 1 is 1.28 bits per heavy atom. The van der Waals surface area contributed by atoms with Gasteiger partial charge in [-0.15, -0.1) is 0 Å². The largest absolute Gasteiger partial charge is 0.490 e. The normalized spacial score (nSPS) is 19.0. The summed E-state index contributed by atoms with van der Waals surface area (Å²) in [6.45, 7) is 6.79. The molecule has 1 aromatic carbocycles. The number of carbonyl (C=O) groups excluding carboxylic acids is 1. The van der Waals surface area contributed by atoms with Gasteiger partial charge in [-0.3, -0.25) is 0 Å². The molecule has 3 rings (SSSR count). The molecule has 2 heterocycles. The zero-order valence-electron chi connectivity index (χ0n) is 17.3. The van der Waals surface area contributed by atoms with E-state index in [9.17, 15) is 14.8 Å². The number of piperidine rings is 1. The van der Waals surface area contributed by atoms with Crippen LogP contribution in [0, 0.1) is 0 Å². The van der Waals surface area contributed by atoms with Crippen molar-refractivity contribution in [3.05, 3.63) is 22.7 Å². The number of hydrogen-bond acceptors (Lipinski definition) is 5. The summed E-state index contributed by atoms with van der Waals surface area (Å²) < 4.78 is 21.0. The highest BCUT2D eigenvalue weighted by atomic mass is 35.5. The number of ether oxygens (including phenoxy) is 1. The first-order chi connectivity index (χ1) is 13.5. The van der Waals surface area contributed by atoms with Crippen molar-refractivity contribution < 1.29 is 24.0 Å². The Kier molecular flexibility index (Phi) is 6.37. The van der Waals surface area contributed by atoms with Crippen LogP contribution in [0.4, 0.5) is 14.9 Å². The van der Waals surface area contributed by atoms with Crippen LogP contribution in [-0.4, -0.2) is 65.6 Å². The number of anilines is 1. The first-order valence-electron chi connectivity index (χ1n) is 10.1. The number of nitrogens with zero attached hydrogens (tertiary/aromatic N) is 2. The fraction of sp³-hybridized carbons (Fsp3) is 0.650. The van der Waals surface area contributed by atoms with Gasteiger partial charge < -0.3 is 24.6 Å². The van der Waals surface area contributed by atoms with E-state index >= 15 is 4.39 Å². The summed E-state index contributed by atoms with van der Waals surface area (Å²) in [5.74, 6) is 0. The number of carbonyl (C=O) groups is 1. The maximum Gasteiger partial charge on any atom is 0.490 e. The first kappa shape index (κ1) is 22.2. The standard InChI is InChI=1S/C20H29BClFN2O4/c1-19(2,3)29-18(26)24-9-6-20(23,7-10-24)13-25-8-4-5-14-11-15(22)12-16(17(14)25)21(27)28/h11-12,27-28H,4-10,13H2,1-3H3. The molecule has 1 amide bonds. The van der Waals surface area contributed by atoms with Gasteiger partial charge in [0.2, 0.25) is 0 Å². The number of aryl methyl sites for hydroxylation is 1. The third-order valence-corrected chi connectivity index (χ3v) is 5.66. The van der Waals surface area contributed by atoms with Crippen LogP contribution in [0.2, 0.25) is 5.02 Å². The van der Waals surface area contributed by atoms with Gasteiger partial charge in [0.1, 0.15) is 11.3 Å². The zero-order chi connectivity index (χ0) is 21.4. The minimum atomic E-state index is -1.67. The van der Waals surface area contributed by atoms with E-state index in [-0.39, 0.29) is 19.4 Å². The summed E-state index contributed by atoms with van der Waals surface area (Å²) >= 11 is 6.12. The van der Waals surface area contributed by atoms with Gasteiger partial charge in [0.05, 0.1) is 6.54 Å². The van der Waals surface area contributed by atoms with Crippen LogP contribution in [0.15, 0.2) is 12.1 Å². The van der Waals surface area contributed by atoms with E-state index < -0.39 is 24.5 Å². The summed E-state index contributed by atoms with van der Waals surface area (Å²) in [5.41, 5.74) is -0.169. The van der Waals surface area contributed by atoms with Crippen LogP contribution < -0.4 is 10.4 Å². The van der Waals surface area contributed by atoms with E-state index in [0.717, 1.165) is 18.4 Å². The molecular formula is C20H29BClFN2O4. The number of likely N-dealkylation sites (tertiary alicyclic amines) is 1. The summed E-state index contributed by atoms with van der Waals surface area (Å²) in [6.07, 6.45) is 1.61. The van der Waals surface area contributed by atoms with Crippen LogP contribution in [0.5, 0.6) is 0 Å². The van der Waals surface area contributed by atoms with Gasteiger partial charge in [-0.1, -0.05) is 11.6 Å². The number of hydrogen-bond donors (Lipinski definition) is 2. The molecule has 0 bridgehead atoms. The summed E-state index contributed by atoms with van der Waals surface area (Å²) in [4.78, 5) is 15.7. The second kappa shape index (κ2) is 8.32. The first-order valence-corrected chi connectivity index (χ1v) is 10.5. The van der Waals surface area contributed by atoms with Gasteiger partial charge in [-0.25, -0.2) is 9.18 Å². The van der Waals surface area contributed by atoms with Crippen LogP contribution in [0.1, 0.15) is 45.6 Å². The quantitative estimate of drug-likeness (QED) is 0.727. The Hall–Kier alpha value is -1.51. The molecule has 6 nitrogen and oxygen atoms in total. The van der Waals surface area contributed by atoms with E-state index in [2.05, 4.69) is 0 Å². The fourth-order valence-corrected chi connectivity index (χ4v) is 4.35. The van der Waals surface area contributed by atoms with Gasteiger partial charge in [0.15, 0.2) is 0 Å². The van der Waals surface area contributed by atoms with Crippen molar-refractivity contribution >= 4 is 36.0 Å². The van der Waals surface area contributed by atoms with Gasteiger partial charge in [0, 0.05) is 48.6 Å². The van der Waals surface area contributed by atoms with Crippen molar-refractivity contribution in [1.29, 1.82) is 0 Å². The van der Waals surface area contributed by atoms with Crippen LogP contribution in [0.3, 0.4) is 0 Å². The number of amides is 1. The van der Waals surface area contributed by atoms with E-state index in [1.165, 1.54) is 6.07 Å². The summed E-state index contributed by atoms with van der Waals surface area (Å²) in [6, 6.07) is 3.34. The lowest BCUT2D eigenvalue weighted by molar-refractivity contribution is 0.00467. The molecule has 1 fully saturated rings. The fourth-order valence-electron chi connectivity index (χ4n) is 4.10. The number of rotatable bonds is 3. The average molecular weight is 427 g/mol. The molecule has 2 N–H and O–H groups in total. The Bertz CT molecular complexity index is 764. The van der Waals surface area contributed by atoms with Crippen molar-refractivity contribution in [3.8, 4) is 0 Å². The van der Waals surface area contributed by atoms with Crippen LogP contribution >= 0.6 is 11.6 Å². The zero-order valence-corrected chi connectivity index (χ0v) is 18.0. The SMILES string of the molecule is CC(C)(C)OC(=O)N1CCC(F)(CN2CCCc3cc(Cl)cc(B(O)O)c32)CC1. The van der Waals surface area contributed by atoms with Crippen LogP contribution in [0.25, 0.3) is 0 Å². The molecule has 0 aromatic heterocycles. The minimum Gasteiger partial charge on any atom is -0.444 e. The topological polar surface area (TPSA) is 73.2 Å². The molecule has 0 atom stereocenters. The minimum absolute atomic E-state index is 0.142. The summed E-state index contributed by atoms with van der Waals surface area (Å²) in [7, 11) is -1.67. The highest BCUT2D eigenvalue weighted by Crippen LogP contribution is 2.34. The molecule has 0 radical (unpaired) electrons. The molecule has 1 aromatic rings. The molecule has 2 aliphatic rings. The van der Waals surface area contributed by atoms with E-state index in [4.69, 9.17) is 16.3 Å². The lowest BCUT2D eigenvalue weighted by Crippen LogP contribution is -2.52. The van der Waals surface area contributed by atoms with Gasteiger partial charge in [-0.05, 0) is 51.3 Å². The van der Waals surface area contributed by atoms with Crippen molar-refractivity contribution in [2.75, 3.05) is 31.1 Å². The maximum absolute atomic E-state index is 15.7. The van der Waals surface area contributed by atoms with Crippen LogP contribution in [-0.2, 0) is 11.2 Å². The second-order valence-corrected chi connectivity index (χ2v) is 9.46. The van der Waals surface area contributed by atoms with Gasteiger partial charge >= 0.3 is 13.2 Å². The highest BCUT2D eigenvalue weighted by molar-refractivity contribution is 6.61. The number of halogens is 2. The lowest BCUT2D eigenvalue weighted by atomic mass is 9.76. The molecule has 9 heteroatoms. The van der Waals surface area contributed by atoms with Gasteiger partial charge in [-0.2, -0.15) is 0 Å². The number of benzene rings is 1. The second-order valence-electron chi connectivity index (χ2n) is 9.02. The molecule has 160 valence electrons. The molecule has 0 spiro atoms.